The highest BCUT2D eigenvalue weighted by Gasteiger charge is 2.36. The molecule has 0 fully saturated rings. The van der Waals surface area contributed by atoms with Gasteiger partial charge in [-0.1, -0.05) is 74.5 Å². The largest absolute Gasteiger partial charge is 0.508 e. The molecule has 6 aromatic rings. The van der Waals surface area contributed by atoms with Crippen LogP contribution in [0.3, 0.4) is 0 Å². The monoisotopic (exact) mass is 664 g/mol. The van der Waals surface area contributed by atoms with E-state index < -0.39 is 17.5 Å². The van der Waals surface area contributed by atoms with E-state index in [1.807, 2.05) is 69.3 Å². The number of hydrogen-bond donors (Lipinski definition) is 2. The Hall–Kier alpha value is -5.06. The predicted molar refractivity (Wildman–Crippen MR) is 185 cm³/mol. The molecule has 0 bridgehead atoms. The summed E-state index contributed by atoms with van der Waals surface area (Å²) in [4.78, 5) is 16.1. The average Bonchev–Trinajstić information content (AvgIpc) is 3.67. The third-order valence-electron chi connectivity index (χ3n) is 8.70. The van der Waals surface area contributed by atoms with E-state index in [1.54, 1.807) is 46.8 Å². The summed E-state index contributed by atoms with van der Waals surface area (Å²) in [6.07, 6.45) is -0.265. The zero-order valence-electron chi connectivity index (χ0n) is 27.3. The molecule has 0 aliphatic rings. The van der Waals surface area contributed by atoms with Crippen LogP contribution in [0, 0.1) is 0 Å². The number of phenolic OH excluding ortho intramolecular Hbond substituents is 1. The normalized spacial score (nSPS) is 14.1. The van der Waals surface area contributed by atoms with E-state index in [1.165, 1.54) is 0 Å². The lowest BCUT2D eigenvalue weighted by Gasteiger charge is -2.32. The van der Waals surface area contributed by atoms with Gasteiger partial charge in [0, 0.05) is 21.6 Å². The van der Waals surface area contributed by atoms with E-state index in [4.69, 9.17) is 26.5 Å². The Morgan fingerprint density at radius 1 is 0.938 bits per heavy atom. The minimum absolute atomic E-state index is 0.103. The second-order valence-electron chi connectivity index (χ2n) is 12.6. The molecule has 11 heteroatoms. The summed E-state index contributed by atoms with van der Waals surface area (Å²) < 4.78 is 5.99. The maximum Gasteiger partial charge on any atom is 0.333 e. The van der Waals surface area contributed by atoms with Gasteiger partial charge in [0.2, 0.25) is 0 Å². The first kappa shape index (κ1) is 32.9. The Kier molecular flexibility index (Phi) is 9.05. The van der Waals surface area contributed by atoms with E-state index in [9.17, 15) is 15.0 Å². The van der Waals surface area contributed by atoms with Gasteiger partial charge in [0.15, 0.2) is 0 Å². The molecular weight excluding hydrogens is 628 g/mol. The number of carbonyl (C=O) groups excluding carboxylic acids is 1. The van der Waals surface area contributed by atoms with E-state index >= 15 is 0 Å². The Balaban J connectivity index is 1.57. The molecule has 48 heavy (non-hydrogen) atoms. The van der Waals surface area contributed by atoms with E-state index in [2.05, 4.69) is 16.8 Å². The van der Waals surface area contributed by atoms with Crippen LogP contribution in [-0.2, 0) is 27.9 Å². The summed E-state index contributed by atoms with van der Waals surface area (Å²) in [6, 6.07) is 24.1. The molecule has 6 rings (SSSR count). The number of aliphatic hydroxyl groups excluding tert-OH is 1. The van der Waals surface area contributed by atoms with Crippen LogP contribution in [0.15, 0.2) is 91.0 Å². The Labute approximate surface area is 283 Å². The number of hydrogen-bond acceptors (Lipinski definition) is 8. The summed E-state index contributed by atoms with van der Waals surface area (Å²) in [5.41, 5.74) is 5.59. The van der Waals surface area contributed by atoms with E-state index in [0.717, 1.165) is 11.1 Å². The number of fused-ring (bicyclic) bond motifs is 2. The molecule has 0 aliphatic heterocycles. The standard InChI is InChI=1S/C37H37ClN6O4/c1-22(2)36(47)48-24(4)34-25(18-23(3)27-10-6-9-13-33(27)46)14-16-28(35(34)44-41-29-11-7-8-12-30(29)42-44)37(5,21-45)20-43-39-31-17-15-26(38)19-32(31)40-43/h6-17,19,23-24,45-46H,1,18,20-21H2,2-5H3. The van der Waals surface area contributed by atoms with Crippen LogP contribution < -0.4 is 0 Å². The Morgan fingerprint density at radius 2 is 1.58 bits per heavy atom. The van der Waals surface area contributed by atoms with Crippen LogP contribution >= 0.6 is 11.6 Å². The Morgan fingerprint density at radius 3 is 2.25 bits per heavy atom. The fraction of sp³-hybridized carbons (Fsp3) is 0.270. The van der Waals surface area contributed by atoms with Crippen molar-refractivity contribution < 1.29 is 19.7 Å². The van der Waals surface area contributed by atoms with Crippen molar-refractivity contribution in [3.63, 3.8) is 0 Å². The van der Waals surface area contributed by atoms with Crippen molar-refractivity contribution in [1.29, 1.82) is 0 Å². The summed E-state index contributed by atoms with van der Waals surface area (Å²) >= 11 is 6.22. The van der Waals surface area contributed by atoms with Gasteiger partial charge in [-0.15, -0.1) is 15.0 Å². The second kappa shape index (κ2) is 13.2. The Bertz CT molecular complexity index is 2120. The molecule has 2 heterocycles. The van der Waals surface area contributed by atoms with Crippen LogP contribution in [0.1, 0.15) is 62.0 Å². The third kappa shape index (κ3) is 6.41. The van der Waals surface area contributed by atoms with E-state index in [0.29, 0.717) is 50.3 Å². The van der Waals surface area contributed by atoms with Crippen LogP contribution in [0.25, 0.3) is 27.8 Å². The van der Waals surface area contributed by atoms with Gasteiger partial charge in [-0.2, -0.15) is 15.0 Å². The number of aromatic nitrogens is 6. The van der Waals surface area contributed by atoms with Gasteiger partial charge in [0.25, 0.3) is 0 Å². The average molecular weight is 665 g/mol. The predicted octanol–water partition coefficient (Wildman–Crippen LogP) is 7.00. The highest BCUT2D eigenvalue weighted by atomic mass is 35.5. The zero-order chi connectivity index (χ0) is 34.2. The minimum Gasteiger partial charge on any atom is -0.508 e. The molecule has 0 radical (unpaired) electrons. The molecule has 10 nitrogen and oxygen atoms in total. The highest BCUT2D eigenvalue weighted by molar-refractivity contribution is 6.31. The summed E-state index contributed by atoms with van der Waals surface area (Å²) in [7, 11) is 0. The second-order valence-corrected chi connectivity index (χ2v) is 13.0. The van der Waals surface area contributed by atoms with Crippen molar-refractivity contribution in [1.82, 2.24) is 30.0 Å². The number of esters is 1. The van der Waals surface area contributed by atoms with Crippen molar-refractivity contribution in [2.75, 3.05) is 6.61 Å². The van der Waals surface area contributed by atoms with Gasteiger partial charge in [-0.25, -0.2) is 4.79 Å². The topological polar surface area (TPSA) is 128 Å². The zero-order valence-corrected chi connectivity index (χ0v) is 28.0. The summed E-state index contributed by atoms with van der Waals surface area (Å²) in [6.45, 7) is 11.1. The number of phenols is 1. The molecule has 0 amide bonds. The van der Waals surface area contributed by atoms with Crippen molar-refractivity contribution in [3.05, 3.63) is 118 Å². The van der Waals surface area contributed by atoms with Crippen molar-refractivity contribution >= 4 is 39.6 Å². The first-order valence-corrected chi connectivity index (χ1v) is 16.1. The third-order valence-corrected chi connectivity index (χ3v) is 8.94. The molecule has 2 N–H and O–H groups in total. The molecule has 0 saturated carbocycles. The molecule has 4 aromatic carbocycles. The van der Waals surface area contributed by atoms with Crippen LogP contribution in [0.2, 0.25) is 5.02 Å². The van der Waals surface area contributed by atoms with Gasteiger partial charge in [0.05, 0.1) is 18.8 Å². The molecule has 3 atom stereocenters. The number of para-hydroxylation sites is 1. The van der Waals surface area contributed by atoms with Gasteiger partial charge in [-0.3, -0.25) is 0 Å². The minimum atomic E-state index is -0.956. The van der Waals surface area contributed by atoms with Crippen LogP contribution in [-0.4, -0.2) is 52.8 Å². The number of ether oxygens (including phenoxy) is 1. The van der Waals surface area contributed by atoms with Gasteiger partial charge < -0.3 is 14.9 Å². The van der Waals surface area contributed by atoms with Crippen molar-refractivity contribution in [2.24, 2.45) is 0 Å². The molecule has 3 unspecified atom stereocenters. The number of halogens is 1. The summed E-state index contributed by atoms with van der Waals surface area (Å²) in [5, 5.41) is 41.4. The van der Waals surface area contributed by atoms with Crippen LogP contribution in [0.4, 0.5) is 0 Å². The van der Waals surface area contributed by atoms with Crippen LogP contribution in [0.5, 0.6) is 5.75 Å². The molecule has 0 aliphatic carbocycles. The lowest BCUT2D eigenvalue weighted by Crippen LogP contribution is -2.35. The number of aromatic hydroxyl groups is 1. The van der Waals surface area contributed by atoms with Crippen molar-refractivity contribution in [3.8, 4) is 11.4 Å². The fourth-order valence-corrected chi connectivity index (χ4v) is 6.31. The number of benzene rings is 4. The molecule has 0 spiro atoms. The van der Waals surface area contributed by atoms with Gasteiger partial charge in [0.1, 0.15) is 33.9 Å². The number of carbonyl (C=O) groups is 1. The summed E-state index contributed by atoms with van der Waals surface area (Å²) in [5.74, 6) is -0.430. The molecule has 0 saturated heterocycles. The van der Waals surface area contributed by atoms with E-state index in [-0.39, 0.29) is 30.4 Å². The lowest BCUT2D eigenvalue weighted by atomic mass is 9.78. The molecule has 246 valence electrons. The van der Waals surface area contributed by atoms with Crippen molar-refractivity contribution in [2.45, 2.75) is 58.1 Å². The van der Waals surface area contributed by atoms with Gasteiger partial charge in [-0.05, 0) is 79.3 Å². The number of nitrogens with zero attached hydrogens (tertiary/aromatic N) is 6. The van der Waals surface area contributed by atoms with Gasteiger partial charge >= 0.3 is 5.97 Å². The number of rotatable bonds is 11. The SMILES string of the molecule is C=C(C)C(=O)OC(C)c1c(CC(C)c2ccccc2O)ccc(C(C)(CO)Cn2nc3ccc(Cl)cc3n2)c1-n1nc2ccccc2n1. The smallest absolute Gasteiger partial charge is 0.333 e. The highest BCUT2D eigenvalue weighted by Crippen LogP contribution is 2.40. The quantitative estimate of drug-likeness (QED) is 0.112. The lowest BCUT2D eigenvalue weighted by molar-refractivity contribution is -0.143. The maximum absolute atomic E-state index is 12.9. The fourth-order valence-electron chi connectivity index (χ4n) is 6.14. The molecule has 2 aromatic heterocycles. The first-order valence-electron chi connectivity index (χ1n) is 15.7. The molecular formula is C37H37ClN6O4. The number of aliphatic hydroxyl groups is 1. The first-order chi connectivity index (χ1) is 23.0. The maximum atomic E-state index is 12.9.